The Morgan fingerprint density at radius 2 is 1.94 bits per heavy atom. The standard InChI is InChI=1S/C12H11ClN2O3/c1-15-11(16)7-5-9-10(18-4-2-3-17-9)6-8(7)14-12(15)13/h5-6H,2-4H2,1H3. The van der Waals surface area contributed by atoms with Gasteiger partial charge in [0.1, 0.15) is 0 Å². The van der Waals surface area contributed by atoms with Crippen LogP contribution in [0.2, 0.25) is 5.28 Å². The molecule has 5 nitrogen and oxygen atoms in total. The van der Waals surface area contributed by atoms with Gasteiger partial charge in [-0.3, -0.25) is 9.36 Å². The summed E-state index contributed by atoms with van der Waals surface area (Å²) in [7, 11) is 1.58. The van der Waals surface area contributed by atoms with Gasteiger partial charge in [0.25, 0.3) is 5.56 Å². The van der Waals surface area contributed by atoms with Crippen molar-refractivity contribution in [1.29, 1.82) is 0 Å². The van der Waals surface area contributed by atoms with E-state index in [-0.39, 0.29) is 10.8 Å². The molecular weight excluding hydrogens is 256 g/mol. The first-order chi connectivity index (χ1) is 8.66. The molecule has 0 fully saturated rings. The summed E-state index contributed by atoms with van der Waals surface area (Å²) in [5, 5.41) is 0.633. The largest absolute Gasteiger partial charge is 0.490 e. The Morgan fingerprint density at radius 1 is 1.28 bits per heavy atom. The molecule has 0 saturated heterocycles. The Labute approximate surface area is 108 Å². The van der Waals surface area contributed by atoms with Crippen LogP contribution in [-0.4, -0.2) is 22.8 Å². The molecule has 0 unspecified atom stereocenters. The van der Waals surface area contributed by atoms with Crippen LogP contribution in [0.5, 0.6) is 11.5 Å². The van der Waals surface area contributed by atoms with E-state index in [4.69, 9.17) is 21.1 Å². The van der Waals surface area contributed by atoms with Crippen molar-refractivity contribution in [3.63, 3.8) is 0 Å². The van der Waals surface area contributed by atoms with Gasteiger partial charge in [-0.2, -0.15) is 0 Å². The van der Waals surface area contributed by atoms with Gasteiger partial charge in [-0.15, -0.1) is 0 Å². The quantitative estimate of drug-likeness (QED) is 0.682. The highest BCUT2D eigenvalue weighted by atomic mass is 35.5. The molecule has 0 N–H and O–H groups in total. The molecule has 2 heterocycles. The van der Waals surface area contributed by atoms with Crippen LogP contribution in [0.15, 0.2) is 16.9 Å². The fraction of sp³-hybridized carbons (Fsp3) is 0.333. The van der Waals surface area contributed by atoms with Gasteiger partial charge in [0, 0.05) is 19.5 Å². The second-order valence-electron chi connectivity index (χ2n) is 4.11. The van der Waals surface area contributed by atoms with E-state index >= 15 is 0 Å². The first kappa shape index (κ1) is 11.3. The summed E-state index contributed by atoms with van der Waals surface area (Å²) in [6.45, 7) is 1.18. The predicted molar refractivity (Wildman–Crippen MR) is 67.6 cm³/mol. The van der Waals surface area contributed by atoms with Crippen molar-refractivity contribution in [3.8, 4) is 11.5 Å². The number of fused-ring (bicyclic) bond motifs is 2. The van der Waals surface area contributed by atoms with E-state index in [1.54, 1.807) is 19.2 Å². The lowest BCUT2D eigenvalue weighted by molar-refractivity contribution is 0.297. The van der Waals surface area contributed by atoms with Crippen LogP contribution in [0.3, 0.4) is 0 Å². The molecular formula is C12H11ClN2O3. The fourth-order valence-electron chi connectivity index (χ4n) is 1.90. The average molecular weight is 267 g/mol. The molecule has 0 aliphatic carbocycles. The number of nitrogens with zero attached hydrogens (tertiary/aromatic N) is 2. The number of hydrogen-bond acceptors (Lipinski definition) is 4. The summed E-state index contributed by atoms with van der Waals surface area (Å²) in [6, 6.07) is 3.37. The van der Waals surface area contributed by atoms with Crippen LogP contribution in [0.1, 0.15) is 6.42 Å². The highest BCUT2D eigenvalue weighted by molar-refractivity contribution is 6.28. The summed E-state index contributed by atoms with van der Waals surface area (Å²) in [5.74, 6) is 1.19. The molecule has 94 valence electrons. The van der Waals surface area contributed by atoms with E-state index in [2.05, 4.69) is 4.98 Å². The molecule has 0 saturated carbocycles. The second kappa shape index (κ2) is 4.17. The zero-order valence-electron chi connectivity index (χ0n) is 9.77. The number of ether oxygens (including phenoxy) is 2. The average Bonchev–Trinajstić information content (AvgIpc) is 2.59. The topological polar surface area (TPSA) is 53.4 Å². The third kappa shape index (κ3) is 1.71. The minimum absolute atomic E-state index is 0.155. The molecule has 18 heavy (non-hydrogen) atoms. The summed E-state index contributed by atoms with van der Waals surface area (Å²) in [4.78, 5) is 16.2. The molecule has 1 aromatic carbocycles. The van der Waals surface area contributed by atoms with Gasteiger partial charge in [0.2, 0.25) is 5.28 Å². The molecule has 3 rings (SSSR count). The lowest BCUT2D eigenvalue weighted by atomic mass is 10.2. The van der Waals surface area contributed by atoms with E-state index in [1.165, 1.54) is 4.57 Å². The smallest absolute Gasteiger partial charge is 0.262 e. The zero-order chi connectivity index (χ0) is 12.7. The zero-order valence-corrected chi connectivity index (χ0v) is 10.5. The third-order valence-corrected chi connectivity index (χ3v) is 3.23. The molecule has 1 aliphatic rings. The Balaban J connectivity index is 2.32. The molecule has 6 heteroatoms. The van der Waals surface area contributed by atoms with Crippen molar-refractivity contribution in [2.24, 2.45) is 7.05 Å². The normalized spacial score (nSPS) is 14.6. The van der Waals surface area contributed by atoms with Crippen molar-refractivity contribution in [1.82, 2.24) is 9.55 Å². The Hall–Kier alpha value is -1.75. The van der Waals surface area contributed by atoms with Crippen LogP contribution < -0.4 is 15.0 Å². The first-order valence-corrected chi connectivity index (χ1v) is 6.00. The van der Waals surface area contributed by atoms with Gasteiger partial charge >= 0.3 is 0 Å². The maximum atomic E-state index is 12.1. The summed E-state index contributed by atoms with van der Waals surface area (Å²) < 4.78 is 12.4. The van der Waals surface area contributed by atoms with Gasteiger partial charge in [-0.25, -0.2) is 4.98 Å². The summed E-state index contributed by atoms with van der Waals surface area (Å²) >= 11 is 5.89. The minimum atomic E-state index is -0.194. The van der Waals surface area contributed by atoms with Crippen LogP contribution in [0, 0.1) is 0 Å². The Kier molecular flexibility index (Phi) is 2.63. The summed E-state index contributed by atoms with van der Waals surface area (Å²) in [6.07, 6.45) is 0.817. The SMILES string of the molecule is Cn1c(Cl)nc2cc3c(cc2c1=O)OCCCO3. The maximum absolute atomic E-state index is 12.1. The predicted octanol–water partition coefficient (Wildman–Crippen LogP) is 1.75. The molecule has 0 radical (unpaired) electrons. The van der Waals surface area contributed by atoms with Crippen LogP contribution in [0.4, 0.5) is 0 Å². The maximum Gasteiger partial charge on any atom is 0.262 e. The third-order valence-electron chi connectivity index (χ3n) is 2.89. The van der Waals surface area contributed by atoms with Crippen molar-refractivity contribution >= 4 is 22.5 Å². The molecule has 0 atom stereocenters. The van der Waals surface area contributed by atoms with Gasteiger partial charge < -0.3 is 9.47 Å². The van der Waals surface area contributed by atoms with E-state index in [9.17, 15) is 4.79 Å². The summed E-state index contributed by atoms with van der Waals surface area (Å²) in [5.41, 5.74) is 0.327. The van der Waals surface area contributed by atoms with E-state index in [0.29, 0.717) is 35.6 Å². The number of aromatic nitrogens is 2. The highest BCUT2D eigenvalue weighted by Crippen LogP contribution is 2.32. The monoisotopic (exact) mass is 266 g/mol. The molecule has 2 aromatic rings. The highest BCUT2D eigenvalue weighted by Gasteiger charge is 2.15. The molecule has 0 amide bonds. The molecule has 1 aliphatic heterocycles. The molecule has 0 spiro atoms. The van der Waals surface area contributed by atoms with Crippen LogP contribution in [-0.2, 0) is 7.05 Å². The molecule has 0 bridgehead atoms. The van der Waals surface area contributed by atoms with E-state index in [1.807, 2.05) is 0 Å². The van der Waals surface area contributed by atoms with E-state index < -0.39 is 0 Å². The van der Waals surface area contributed by atoms with Crippen molar-refractivity contribution in [2.75, 3.05) is 13.2 Å². The van der Waals surface area contributed by atoms with Crippen molar-refractivity contribution < 1.29 is 9.47 Å². The van der Waals surface area contributed by atoms with Crippen molar-refractivity contribution in [3.05, 3.63) is 27.8 Å². The van der Waals surface area contributed by atoms with Crippen molar-refractivity contribution in [2.45, 2.75) is 6.42 Å². The van der Waals surface area contributed by atoms with Gasteiger partial charge in [0.05, 0.1) is 24.1 Å². The van der Waals surface area contributed by atoms with Gasteiger partial charge in [0.15, 0.2) is 11.5 Å². The molecule has 1 aromatic heterocycles. The number of rotatable bonds is 0. The first-order valence-electron chi connectivity index (χ1n) is 5.63. The Morgan fingerprint density at radius 3 is 2.67 bits per heavy atom. The fourth-order valence-corrected chi connectivity index (χ4v) is 2.07. The number of hydrogen-bond donors (Lipinski definition) is 0. The van der Waals surface area contributed by atoms with Gasteiger partial charge in [-0.05, 0) is 17.7 Å². The van der Waals surface area contributed by atoms with Crippen LogP contribution >= 0.6 is 11.6 Å². The Bertz CT molecular complexity index is 681. The minimum Gasteiger partial charge on any atom is -0.490 e. The van der Waals surface area contributed by atoms with Gasteiger partial charge in [-0.1, -0.05) is 0 Å². The number of benzene rings is 1. The second-order valence-corrected chi connectivity index (χ2v) is 4.45. The number of halogens is 1. The van der Waals surface area contributed by atoms with Crippen LogP contribution in [0.25, 0.3) is 10.9 Å². The van der Waals surface area contributed by atoms with E-state index in [0.717, 1.165) is 6.42 Å². The lowest BCUT2D eigenvalue weighted by Crippen LogP contribution is -2.18. The lowest BCUT2D eigenvalue weighted by Gasteiger charge is -2.09.